The maximum Gasteiger partial charge on any atom is 0.410 e. The number of anilines is 1. The summed E-state index contributed by atoms with van der Waals surface area (Å²) in [4.78, 5) is 54.4. The summed E-state index contributed by atoms with van der Waals surface area (Å²) >= 11 is 0. The number of carbonyl (C=O) groups is 3. The van der Waals surface area contributed by atoms with Crippen molar-refractivity contribution in [3.63, 3.8) is 0 Å². The number of amides is 1. The zero-order valence-electron chi connectivity index (χ0n) is 26.9. The summed E-state index contributed by atoms with van der Waals surface area (Å²) in [5, 5.41) is 9.51. The van der Waals surface area contributed by atoms with Gasteiger partial charge >= 0.3 is 18.0 Å². The number of carboxylic acid groups (broad SMARTS) is 1. The van der Waals surface area contributed by atoms with E-state index in [0.717, 1.165) is 18.9 Å². The van der Waals surface area contributed by atoms with E-state index in [1.54, 1.807) is 62.8 Å². The Kier molecular flexibility index (Phi) is 8.97. The second-order valence-electron chi connectivity index (χ2n) is 14.2. The van der Waals surface area contributed by atoms with Crippen molar-refractivity contribution < 1.29 is 38.1 Å². The molecule has 1 saturated heterocycles. The Morgan fingerprint density at radius 2 is 1.64 bits per heavy atom. The molecule has 0 radical (unpaired) electrons. The molecular formula is C32H44FN3O8. The summed E-state index contributed by atoms with van der Waals surface area (Å²) in [6, 6.07) is 1.14. The Labute approximate surface area is 256 Å². The molecule has 242 valence electrons. The average Bonchev–Trinajstić information content (AvgIpc) is 3.76. The zero-order chi connectivity index (χ0) is 32.8. The Morgan fingerprint density at radius 1 is 1.02 bits per heavy atom. The molecule has 44 heavy (non-hydrogen) atoms. The molecule has 0 atom stereocenters. The predicted octanol–water partition coefficient (Wildman–Crippen LogP) is 5.23. The van der Waals surface area contributed by atoms with E-state index in [0.29, 0.717) is 31.7 Å². The van der Waals surface area contributed by atoms with Gasteiger partial charge in [-0.2, -0.15) is 0 Å². The quantitative estimate of drug-likeness (QED) is 0.377. The fourth-order valence-electron chi connectivity index (χ4n) is 5.82. The van der Waals surface area contributed by atoms with Crippen molar-refractivity contribution in [2.45, 2.75) is 79.4 Å². The lowest BCUT2D eigenvalue weighted by Gasteiger charge is -2.37. The summed E-state index contributed by atoms with van der Waals surface area (Å²) < 4.78 is 34.5. The largest absolute Gasteiger partial charge is 0.492 e. The molecular weight excluding hydrogens is 573 g/mol. The van der Waals surface area contributed by atoms with Crippen molar-refractivity contribution in [2.24, 2.45) is 10.8 Å². The lowest BCUT2D eigenvalue weighted by Crippen LogP contribution is -2.50. The average molecular weight is 618 g/mol. The van der Waals surface area contributed by atoms with Gasteiger partial charge < -0.3 is 33.7 Å². The zero-order valence-corrected chi connectivity index (χ0v) is 26.9. The fourth-order valence-corrected chi connectivity index (χ4v) is 5.82. The number of hydrogen-bond acceptors (Lipinski definition) is 8. The van der Waals surface area contributed by atoms with Crippen LogP contribution in [0.5, 0.6) is 5.75 Å². The molecule has 1 aliphatic heterocycles. The highest BCUT2D eigenvalue weighted by Crippen LogP contribution is 2.44. The predicted molar refractivity (Wildman–Crippen MR) is 163 cm³/mol. The number of piperazine rings is 1. The summed E-state index contributed by atoms with van der Waals surface area (Å²) in [6.07, 6.45) is 2.90. The van der Waals surface area contributed by atoms with Crippen LogP contribution >= 0.6 is 0 Å². The molecule has 2 aliphatic rings. The van der Waals surface area contributed by atoms with E-state index in [-0.39, 0.29) is 41.5 Å². The number of aromatic nitrogens is 1. The lowest BCUT2D eigenvalue weighted by molar-refractivity contribution is -0.149. The molecule has 1 amide bonds. The molecule has 1 N–H and O–H groups in total. The van der Waals surface area contributed by atoms with E-state index in [1.807, 2.05) is 0 Å². The van der Waals surface area contributed by atoms with E-state index < -0.39 is 45.7 Å². The summed E-state index contributed by atoms with van der Waals surface area (Å²) in [6.45, 7) is 13.4. The first-order valence-corrected chi connectivity index (χ1v) is 14.9. The van der Waals surface area contributed by atoms with Crippen molar-refractivity contribution in [1.29, 1.82) is 0 Å². The standard InChI is InChI=1S/C32H44FN3O8/c1-30(2,3)44-29(41)35-13-11-34(12-14-35)24-22(33)15-20-23(26(24)42-8)36(19-9-10-19)16-21(25(20)37)27(38)43-18-31(4,5)17-32(6,7)28(39)40/h15-16,19H,9-14,17-18H2,1-8H3,(H,39,40). The first-order valence-electron chi connectivity index (χ1n) is 14.9. The first kappa shape index (κ1) is 33.1. The van der Waals surface area contributed by atoms with Crippen molar-refractivity contribution in [2.75, 3.05) is 44.8 Å². The third-order valence-electron chi connectivity index (χ3n) is 7.90. The van der Waals surface area contributed by atoms with Gasteiger partial charge in [-0.25, -0.2) is 14.0 Å². The summed E-state index contributed by atoms with van der Waals surface area (Å²) in [5.74, 6) is -2.30. The number of esters is 1. The number of halogens is 1. The highest BCUT2D eigenvalue weighted by atomic mass is 19.1. The highest BCUT2D eigenvalue weighted by molar-refractivity contribution is 5.97. The molecule has 2 fully saturated rings. The van der Waals surface area contributed by atoms with Crippen molar-refractivity contribution in [3.05, 3.63) is 33.9 Å². The van der Waals surface area contributed by atoms with Crippen LogP contribution in [0.25, 0.3) is 10.9 Å². The number of ether oxygens (including phenoxy) is 3. The van der Waals surface area contributed by atoms with Gasteiger partial charge in [-0.15, -0.1) is 0 Å². The van der Waals surface area contributed by atoms with Gasteiger partial charge in [0.1, 0.15) is 16.9 Å². The molecule has 2 aromatic rings. The molecule has 4 rings (SSSR count). The number of carboxylic acids is 1. The molecule has 2 heterocycles. The molecule has 1 aromatic heterocycles. The number of carbonyl (C=O) groups excluding carboxylic acids is 2. The van der Waals surface area contributed by atoms with Gasteiger partial charge in [0.2, 0.25) is 5.43 Å². The molecule has 1 aliphatic carbocycles. The van der Waals surface area contributed by atoms with Gasteiger partial charge in [0, 0.05) is 43.8 Å². The van der Waals surface area contributed by atoms with Crippen LogP contribution < -0.4 is 15.1 Å². The van der Waals surface area contributed by atoms with Crippen LogP contribution in [-0.4, -0.2) is 78.1 Å². The molecule has 0 unspecified atom stereocenters. The number of pyridine rings is 1. The maximum atomic E-state index is 15.9. The molecule has 1 aromatic carbocycles. The maximum absolute atomic E-state index is 15.9. The Balaban J connectivity index is 1.65. The molecule has 12 heteroatoms. The normalized spacial score (nSPS) is 16.2. The third-order valence-corrected chi connectivity index (χ3v) is 7.90. The number of nitrogens with zero attached hydrogens (tertiary/aromatic N) is 3. The van der Waals surface area contributed by atoms with E-state index in [1.165, 1.54) is 13.3 Å². The van der Waals surface area contributed by atoms with E-state index in [9.17, 15) is 24.3 Å². The van der Waals surface area contributed by atoms with E-state index in [2.05, 4.69) is 0 Å². The summed E-state index contributed by atoms with van der Waals surface area (Å²) in [5.41, 5.74) is -2.66. The Bertz CT molecular complexity index is 1510. The number of hydrogen-bond donors (Lipinski definition) is 1. The molecule has 0 bridgehead atoms. The number of aliphatic carboxylic acids is 1. The van der Waals surface area contributed by atoms with Crippen LogP contribution in [0.2, 0.25) is 0 Å². The smallest absolute Gasteiger partial charge is 0.410 e. The minimum absolute atomic E-state index is 0.00288. The first-order chi connectivity index (χ1) is 20.3. The minimum Gasteiger partial charge on any atom is -0.492 e. The van der Waals surface area contributed by atoms with Gasteiger partial charge in [0.05, 0.1) is 30.0 Å². The van der Waals surface area contributed by atoms with Gasteiger partial charge in [0.15, 0.2) is 11.6 Å². The number of fused-ring (bicyclic) bond motifs is 1. The third kappa shape index (κ3) is 7.10. The van der Waals surface area contributed by atoms with Gasteiger partial charge in [0.25, 0.3) is 0 Å². The second kappa shape index (κ2) is 11.9. The van der Waals surface area contributed by atoms with E-state index >= 15 is 4.39 Å². The lowest BCUT2D eigenvalue weighted by atomic mass is 9.75. The number of methoxy groups -OCH3 is 1. The van der Waals surface area contributed by atoms with Crippen LogP contribution in [0, 0.1) is 16.6 Å². The molecule has 1 saturated carbocycles. The topological polar surface area (TPSA) is 128 Å². The minimum atomic E-state index is -1.04. The van der Waals surface area contributed by atoms with Gasteiger partial charge in [-0.05, 0) is 59.9 Å². The van der Waals surface area contributed by atoms with Gasteiger partial charge in [-0.1, -0.05) is 13.8 Å². The van der Waals surface area contributed by atoms with Crippen LogP contribution in [0.3, 0.4) is 0 Å². The summed E-state index contributed by atoms with van der Waals surface area (Å²) in [7, 11) is 1.42. The van der Waals surface area contributed by atoms with Crippen LogP contribution in [0.15, 0.2) is 17.1 Å². The number of rotatable bonds is 9. The van der Waals surface area contributed by atoms with E-state index in [4.69, 9.17) is 14.2 Å². The van der Waals surface area contributed by atoms with Crippen molar-refractivity contribution >= 4 is 34.6 Å². The van der Waals surface area contributed by atoms with Crippen LogP contribution in [0.4, 0.5) is 14.9 Å². The molecule has 0 spiro atoms. The Morgan fingerprint density at radius 3 is 2.16 bits per heavy atom. The molecule has 11 nitrogen and oxygen atoms in total. The SMILES string of the molecule is COc1c(N2CCN(C(=O)OC(C)(C)C)CC2)c(F)cc2c(=O)c(C(=O)OCC(C)(C)CC(C)(C)C(=O)O)cn(C3CC3)c12. The monoisotopic (exact) mass is 617 g/mol. The van der Waals surface area contributed by atoms with Gasteiger partial charge in [-0.3, -0.25) is 9.59 Å². The fraction of sp³-hybridized carbons (Fsp3) is 0.625. The van der Waals surface area contributed by atoms with Crippen molar-refractivity contribution in [3.8, 4) is 5.75 Å². The highest BCUT2D eigenvalue weighted by Gasteiger charge is 2.37. The van der Waals surface area contributed by atoms with Crippen LogP contribution in [-0.2, 0) is 14.3 Å². The van der Waals surface area contributed by atoms with Crippen molar-refractivity contribution in [1.82, 2.24) is 9.47 Å². The number of benzene rings is 1. The Hall–Kier alpha value is -3.83. The van der Waals surface area contributed by atoms with Crippen LogP contribution in [0.1, 0.15) is 84.1 Å². The second-order valence-corrected chi connectivity index (χ2v) is 14.2.